The van der Waals surface area contributed by atoms with Gasteiger partial charge in [0.25, 0.3) is 0 Å². The number of carbonyl (C=O) groups is 1. The zero-order chi connectivity index (χ0) is 16.4. The minimum atomic E-state index is -0.169. The lowest BCUT2D eigenvalue weighted by atomic mass is 9.68. The minimum Gasteiger partial charge on any atom is -0.352 e. The van der Waals surface area contributed by atoms with E-state index in [9.17, 15) is 4.79 Å². The van der Waals surface area contributed by atoms with Gasteiger partial charge in [0.2, 0.25) is 5.91 Å². The van der Waals surface area contributed by atoms with Crippen LogP contribution in [0, 0.1) is 17.3 Å². The Balaban J connectivity index is 1.50. The SMILES string of the molecule is O=C(NCC1=CCNCC1)C1(Cc2ccccc2)CC2CCC1C2. The molecule has 2 aliphatic carbocycles. The maximum atomic E-state index is 13.3. The van der Waals surface area contributed by atoms with Crippen LogP contribution in [0.5, 0.6) is 0 Å². The van der Waals surface area contributed by atoms with Gasteiger partial charge in [-0.3, -0.25) is 4.79 Å². The summed E-state index contributed by atoms with van der Waals surface area (Å²) in [7, 11) is 0. The van der Waals surface area contributed by atoms with Crippen LogP contribution in [-0.4, -0.2) is 25.5 Å². The van der Waals surface area contributed by atoms with Crippen molar-refractivity contribution in [3.05, 3.63) is 47.5 Å². The Morgan fingerprint density at radius 1 is 1.25 bits per heavy atom. The van der Waals surface area contributed by atoms with Crippen LogP contribution in [0.25, 0.3) is 0 Å². The van der Waals surface area contributed by atoms with Crippen molar-refractivity contribution in [2.75, 3.05) is 19.6 Å². The minimum absolute atomic E-state index is 0.169. The Bertz CT molecular complexity index is 624. The van der Waals surface area contributed by atoms with E-state index in [1.807, 2.05) is 0 Å². The van der Waals surface area contributed by atoms with Gasteiger partial charge < -0.3 is 10.6 Å². The predicted molar refractivity (Wildman–Crippen MR) is 96.6 cm³/mol. The fourth-order valence-corrected chi connectivity index (χ4v) is 5.18. The number of carbonyl (C=O) groups excluding carboxylic acids is 1. The number of fused-ring (bicyclic) bond motifs is 2. The van der Waals surface area contributed by atoms with Crippen LogP contribution in [0.4, 0.5) is 0 Å². The van der Waals surface area contributed by atoms with Gasteiger partial charge in [-0.2, -0.15) is 0 Å². The van der Waals surface area contributed by atoms with Crippen molar-refractivity contribution in [3.63, 3.8) is 0 Å². The lowest BCUT2D eigenvalue weighted by Gasteiger charge is -2.37. The highest BCUT2D eigenvalue weighted by Gasteiger charge is 2.55. The van der Waals surface area contributed by atoms with Crippen molar-refractivity contribution in [1.82, 2.24) is 10.6 Å². The molecule has 1 amide bonds. The van der Waals surface area contributed by atoms with Crippen molar-refractivity contribution in [2.45, 2.75) is 38.5 Å². The molecule has 3 heteroatoms. The van der Waals surface area contributed by atoms with E-state index in [1.165, 1.54) is 30.4 Å². The quantitative estimate of drug-likeness (QED) is 0.817. The molecule has 3 aliphatic rings. The average molecular weight is 324 g/mol. The summed E-state index contributed by atoms with van der Waals surface area (Å²) < 4.78 is 0. The Kier molecular flexibility index (Phi) is 4.45. The van der Waals surface area contributed by atoms with E-state index in [2.05, 4.69) is 47.0 Å². The van der Waals surface area contributed by atoms with Crippen LogP contribution in [0.3, 0.4) is 0 Å². The van der Waals surface area contributed by atoms with Gasteiger partial charge in [0.1, 0.15) is 0 Å². The maximum absolute atomic E-state index is 13.3. The monoisotopic (exact) mass is 324 g/mol. The van der Waals surface area contributed by atoms with Gasteiger partial charge in [-0.05, 0) is 56.0 Å². The molecule has 3 nitrogen and oxygen atoms in total. The van der Waals surface area contributed by atoms with Crippen LogP contribution in [0.2, 0.25) is 0 Å². The molecule has 2 bridgehead atoms. The summed E-state index contributed by atoms with van der Waals surface area (Å²) in [5.74, 6) is 1.64. The highest BCUT2D eigenvalue weighted by Crippen LogP contribution is 2.57. The van der Waals surface area contributed by atoms with Gasteiger partial charge in [0.15, 0.2) is 0 Å². The van der Waals surface area contributed by atoms with Crippen LogP contribution in [0.15, 0.2) is 42.0 Å². The summed E-state index contributed by atoms with van der Waals surface area (Å²) >= 11 is 0. The number of amides is 1. The van der Waals surface area contributed by atoms with E-state index in [0.717, 1.165) is 44.8 Å². The standard InChI is InChI=1S/C21H28N2O/c24-20(23-15-17-8-10-22-11-9-17)21(13-16-4-2-1-3-5-16)14-18-6-7-19(21)12-18/h1-5,8,18-19,22H,6-7,9-15H2,(H,23,24). The van der Waals surface area contributed by atoms with E-state index in [0.29, 0.717) is 11.8 Å². The topological polar surface area (TPSA) is 41.1 Å². The Morgan fingerprint density at radius 3 is 2.79 bits per heavy atom. The lowest BCUT2D eigenvalue weighted by molar-refractivity contribution is -0.134. The lowest BCUT2D eigenvalue weighted by Crippen LogP contribution is -2.46. The van der Waals surface area contributed by atoms with E-state index in [1.54, 1.807) is 0 Å². The molecule has 0 aromatic heterocycles. The molecule has 2 N–H and O–H groups in total. The van der Waals surface area contributed by atoms with Gasteiger partial charge in [-0.25, -0.2) is 0 Å². The summed E-state index contributed by atoms with van der Waals surface area (Å²) in [5.41, 5.74) is 2.51. The largest absolute Gasteiger partial charge is 0.352 e. The second-order valence-corrected chi connectivity index (χ2v) is 7.90. The highest BCUT2D eigenvalue weighted by molar-refractivity contribution is 5.84. The Morgan fingerprint density at radius 2 is 2.12 bits per heavy atom. The van der Waals surface area contributed by atoms with Crippen LogP contribution in [0.1, 0.15) is 37.7 Å². The molecule has 1 aromatic rings. The number of hydrogen-bond donors (Lipinski definition) is 2. The summed E-state index contributed by atoms with van der Waals surface area (Å²) in [6.45, 7) is 2.70. The molecule has 0 saturated heterocycles. The third-order valence-corrected chi connectivity index (χ3v) is 6.42. The van der Waals surface area contributed by atoms with Crippen molar-refractivity contribution < 1.29 is 4.79 Å². The Labute approximate surface area is 144 Å². The molecule has 1 aliphatic heterocycles. The van der Waals surface area contributed by atoms with E-state index < -0.39 is 0 Å². The van der Waals surface area contributed by atoms with Gasteiger partial charge in [0.05, 0.1) is 5.41 Å². The molecule has 0 radical (unpaired) electrons. The zero-order valence-corrected chi connectivity index (χ0v) is 14.4. The third-order valence-electron chi connectivity index (χ3n) is 6.42. The fourth-order valence-electron chi connectivity index (χ4n) is 5.18. The predicted octanol–water partition coefficient (Wildman–Crippen LogP) is 3.07. The molecular weight excluding hydrogens is 296 g/mol. The smallest absolute Gasteiger partial charge is 0.227 e. The van der Waals surface area contributed by atoms with E-state index in [4.69, 9.17) is 0 Å². The second kappa shape index (κ2) is 6.72. The molecular formula is C21H28N2O. The first-order valence-electron chi connectivity index (χ1n) is 9.47. The van der Waals surface area contributed by atoms with Crippen LogP contribution in [-0.2, 0) is 11.2 Å². The average Bonchev–Trinajstić information content (AvgIpc) is 3.23. The number of benzene rings is 1. The second-order valence-electron chi connectivity index (χ2n) is 7.90. The number of hydrogen-bond acceptors (Lipinski definition) is 2. The summed E-state index contributed by atoms with van der Waals surface area (Å²) in [4.78, 5) is 13.3. The normalized spacial score (nSPS) is 31.8. The molecule has 2 saturated carbocycles. The van der Waals surface area contributed by atoms with Gasteiger partial charge in [-0.1, -0.05) is 48.4 Å². The van der Waals surface area contributed by atoms with Crippen molar-refractivity contribution in [2.24, 2.45) is 17.3 Å². The first-order chi connectivity index (χ1) is 11.8. The maximum Gasteiger partial charge on any atom is 0.227 e. The molecule has 3 atom stereocenters. The van der Waals surface area contributed by atoms with E-state index in [-0.39, 0.29) is 5.41 Å². The zero-order valence-electron chi connectivity index (χ0n) is 14.4. The number of rotatable bonds is 5. The number of nitrogens with one attached hydrogen (secondary N) is 2. The molecule has 2 fully saturated rings. The molecule has 0 spiro atoms. The van der Waals surface area contributed by atoms with Gasteiger partial charge in [-0.15, -0.1) is 0 Å². The molecule has 1 heterocycles. The Hall–Kier alpha value is -1.61. The van der Waals surface area contributed by atoms with E-state index >= 15 is 0 Å². The summed E-state index contributed by atoms with van der Waals surface area (Å²) in [5, 5.41) is 6.64. The molecule has 128 valence electrons. The molecule has 4 rings (SSSR count). The van der Waals surface area contributed by atoms with Crippen molar-refractivity contribution in [1.29, 1.82) is 0 Å². The fraction of sp³-hybridized carbons (Fsp3) is 0.571. The molecule has 24 heavy (non-hydrogen) atoms. The molecule has 3 unspecified atom stereocenters. The third kappa shape index (κ3) is 3.02. The van der Waals surface area contributed by atoms with Crippen LogP contribution >= 0.6 is 0 Å². The summed E-state index contributed by atoms with van der Waals surface area (Å²) in [6.07, 6.45) is 9.09. The van der Waals surface area contributed by atoms with Crippen LogP contribution < -0.4 is 10.6 Å². The van der Waals surface area contributed by atoms with Gasteiger partial charge in [0, 0.05) is 13.1 Å². The first kappa shape index (κ1) is 15.9. The van der Waals surface area contributed by atoms with Gasteiger partial charge >= 0.3 is 0 Å². The first-order valence-corrected chi connectivity index (χ1v) is 9.47. The highest BCUT2D eigenvalue weighted by atomic mass is 16.2. The summed E-state index contributed by atoms with van der Waals surface area (Å²) in [6, 6.07) is 10.6. The molecule has 1 aromatic carbocycles. The van der Waals surface area contributed by atoms with Crippen molar-refractivity contribution in [3.8, 4) is 0 Å². The van der Waals surface area contributed by atoms with Crippen molar-refractivity contribution >= 4 is 5.91 Å².